The zero-order valence-electron chi connectivity index (χ0n) is 11.1. The Balaban J connectivity index is 2.13. The minimum absolute atomic E-state index is 0.108. The zero-order valence-corrected chi connectivity index (χ0v) is 12.6. The van der Waals surface area contributed by atoms with Crippen LogP contribution in [0.1, 0.15) is 33.1 Å². The second kappa shape index (κ2) is 6.02. The predicted molar refractivity (Wildman–Crippen MR) is 80.1 cm³/mol. The third kappa shape index (κ3) is 3.34. The van der Waals surface area contributed by atoms with Crippen LogP contribution in [-0.4, -0.2) is 23.0 Å². The van der Waals surface area contributed by atoms with Crippen molar-refractivity contribution in [3.05, 3.63) is 28.2 Å². The van der Waals surface area contributed by atoms with Crippen molar-refractivity contribution < 1.29 is 4.79 Å². The highest BCUT2D eigenvalue weighted by Crippen LogP contribution is 2.28. The van der Waals surface area contributed by atoms with Gasteiger partial charge < -0.3 is 10.2 Å². The molecule has 1 aromatic carbocycles. The number of carbonyl (C=O) groups excluding carboxylic acids is 1. The molecule has 19 heavy (non-hydrogen) atoms. The van der Waals surface area contributed by atoms with E-state index < -0.39 is 0 Å². The van der Waals surface area contributed by atoms with Gasteiger partial charge in [0.2, 0.25) is 0 Å². The van der Waals surface area contributed by atoms with Gasteiger partial charge in [0.1, 0.15) is 0 Å². The summed E-state index contributed by atoms with van der Waals surface area (Å²) in [6.45, 7) is 4.16. The lowest BCUT2D eigenvalue weighted by atomic mass is 9.98. The van der Waals surface area contributed by atoms with Crippen molar-refractivity contribution >= 4 is 34.9 Å². The first kappa shape index (κ1) is 14.5. The number of urea groups is 1. The molecule has 1 N–H and O–H groups in total. The molecule has 0 spiro atoms. The molecule has 104 valence electrons. The molecule has 1 aromatic rings. The van der Waals surface area contributed by atoms with E-state index in [0.717, 1.165) is 12.8 Å². The van der Waals surface area contributed by atoms with Gasteiger partial charge in [-0.2, -0.15) is 0 Å². The normalized spacial score (nSPS) is 23.3. The van der Waals surface area contributed by atoms with Gasteiger partial charge in [-0.15, -0.1) is 0 Å². The molecule has 0 radical (unpaired) electrons. The topological polar surface area (TPSA) is 32.3 Å². The molecule has 0 aliphatic carbocycles. The smallest absolute Gasteiger partial charge is 0.319 e. The summed E-state index contributed by atoms with van der Waals surface area (Å²) in [6, 6.07) is 5.45. The molecule has 1 aliphatic heterocycles. The van der Waals surface area contributed by atoms with Gasteiger partial charge in [0.05, 0.1) is 10.7 Å². The number of nitrogens with zero attached hydrogens (tertiary/aromatic N) is 1. The number of anilines is 1. The van der Waals surface area contributed by atoms with Gasteiger partial charge in [-0.05, 0) is 51.3 Å². The molecule has 2 unspecified atom stereocenters. The highest BCUT2D eigenvalue weighted by atomic mass is 35.5. The summed E-state index contributed by atoms with van der Waals surface area (Å²) in [4.78, 5) is 14.3. The first-order valence-electron chi connectivity index (χ1n) is 6.53. The van der Waals surface area contributed by atoms with Crippen LogP contribution in [0.25, 0.3) is 0 Å². The molecular weight excluding hydrogens is 283 g/mol. The second-order valence-electron chi connectivity index (χ2n) is 5.09. The van der Waals surface area contributed by atoms with E-state index in [2.05, 4.69) is 19.2 Å². The van der Waals surface area contributed by atoms with E-state index >= 15 is 0 Å². The summed E-state index contributed by atoms with van der Waals surface area (Å²) in [5.41, 5.74) is 0.559. The van der Waals surface area contributed by atoms with E-state index in [1.807, 2.05) is 4.90 Å². The highest BCUT2D eigenvalue weighted by molar-refractivity contribution is 6.35. The molecule has 1 heterocycles. The Morgan fingerprint density at radius 2 is 1.89 bits per heavy atom. The number of benzene rings is 1. The minimum Gasteiger partial charge on any atom is -0.319 e. The Kier molecular flexibility index (Phi) is 4.58. The van der Waals surface area contributed by atoms with Crippen molar-refractivity contribution in [2.45, 2.75) is 45.2 Å². The van der Waals surface area contributed by atoms with E-state index in [-0.39, 0.29) is 18.1 Å². The molecule has 2 atom stereocenters. The monoisotopic (exact) mass is 300 g/mol. The van der Waals surface area contributed by atoms with Gasteiger partial charge >= 0.3 is 6.03 Å². The number of hydrogen-bond donors (Lipinski definition) is 1. The van der Waals surface area contributed by atoms with Gasteiger partial charge in [-0.3, -0.25) is 0 Å². The van der Waals surface area contributed by atoms with Crippen LogP contribution >= 0.6 is 23.2 Å². The van der Waals surface area contributed by atoms with Crippen LogP contribution in [0.5, 0.6) is 0 Å². The van der Waals surface area contributed by atoms with Crippen molar-refractivity contribution in [1.29, 1.82) is 0 Å². The van der Waals surface area contributed by atoms with Crippen LogP contribution in [0.15, 0.2) is 18.2 Å². The largest absolute Gasteiger partial charge is 0.322 e. The van der Waals surface area contributed by atoms with Gasteiger partial charge in [-0.25, -0.2) is 4.79 Å². The minimum atomic E-state index is -0.108. The Hall–Kier alpha value is -0.930. The average Bonchev–Trinajstić information content (AvgIpc) is 2.33. The molecule has 0 bridgehead atoms. The first-order chi connectivity index (χ1) is 8.99. The summed E-state index contributed by atoms with van der Waals surface area (Å²) in [5, 5.41) is 3.90. The Morgan fingerprint density at radius 1 is 1.26 bits per heavy atom. The van der Waals surface area contributed by atoms with Gasteiger partial charge in [-0.1, -0.05) is 23.2 Å². The fourth-order valence-corrected chi connectivity index (χ4v) is 2.93. The van der Waals surface area contributed by atoms with Crippen molar-refractivity contribution in [1.82, 2.24) is 4.90 Å². The molecule has 1 fully saturated rings. The van der Waals surface area contributed by atoms with Crippen molar-refractivity contribution in [3.8, 4) is 0 Å². The SMILES string of the molecule is CC1CCCC(C)N1C(=O)Nc1cc(Cl)ccc1Cl. The van der Waals surface area contributed by atoms with E-state index in [4.69, 9.17) is 23.2 Å². The Labute approximate surface area is 123 Å². The number of amides is 2. The quantitative estimate of drug-likeness (QED) is 0.794. The number of piperidine rings is 1. The maximum absolute atomic E-state index is 12.4. The summed E-state index contributed by atoms with van der Waals surface area (Å²) in [7, 11) is 0. The van der Waals surface area contributed by atoms with Crippen LogP contribution in [0.3, 0.4) is 0 Å². The van der Waals surface area contributed by atoms with Crippen molar-refractivity contribution in [2.75, 3.05) is 5.32 Å². The van der Waals surface area contributed by atoms with Gasteiger partial charge in [0, 0.05) is 17.1 Å². The maximum atomic E-state index is 12.4. The van der Waals surface area contributed by atoms with Crippen LogP contribution in [0, 0.1) is 0 Å². The maximum Gasteiger partial charge on any atom is 0.322 e. The summed E-state index contributed by atoms with van der Waals surface area (Å²) in [5.74, 6) is 0. The van der Waals surface area contributed by atoms with Crippen LogP contribution in [0.2, 0.25) is 10.0 Å². The molecule has 0 saturated carbocycles. The van der Waals surface area contributed by atoms with Crippen LogP contribution in [-0.2, 0) is 0 Å². The van der Waals surface area contributed by atoms with E-state index in [1.54, 1.807) is 18.2 Å². The highest BCUT2D eigenvalue weighted by Gasteiger charge is 2.29. The summed E-state index contributed by atoms with van der Waals surface area (Å²) < 4.78 is 0. The number of rotatable bonds is 1. The number of likely N-dealkylation sites (tertiary alicyclic amines) is 1. The number of halogens is 2. The summed E-state index contributed by atoms with van der Waals surface area (Å²) in [6.07, 6.45) is 3.26. The molecule has 0 aromatic heterocycles. The molecular formula is C14H18Cl2N2O. The Morgan fingerprint density at radius 3 is 2.53 bits per heavy atom. The molecule has 3 nitrogen and oxygen atoms in total. The predicted octanol–water partition coefficient (Wildman–Crippen LogP) is 4.79. The lowest BCUT2D eigenvalue weighted by Crippen LogP contribution is -2.49. The van der Waals surface area contributed by atoms with Gasteiger partial charge in [0.15, 0.2) is 0 Å². The fraction of sp³-hybridized carbons (Fsp3) is 0.500. The number of carbonyl (C=O) groups is 1. The van der Waals surface area contributed by atoms with Crippen LogP contribution in [0.4, 0.5) is 10.5 Å². The van der Waals surface area contributed by atoms with Crippen molar-refractivity contribution in [3.63, 3.8) is 0 Å². The summed E-state index contributed by atoms with van der Waals surface area (Å²) >= 11 is 12.0. The fourth-order valence-electron chi connectivity index (χ4n) is 2.59. The van der Waals surface area contributed by atoms with E-state index in [0.29, 0.717) is 15.7 Å². The average molecular weight is 301 g/mol. The number of hydrogen-bond acceptors (Lipinski definition) is 1. The number of nitrogens with one attached hydrogen (secondary N) is 1. The third-order valence-corrected chi connectivity index (χ3v) is 4.16. The van der Waals surface area contributed by atoms with E-state index in [1.165, 1.54) is 6.42 Å². The third-order valence-electron chi connectivity index (χ3n) is 3.60. The van der Waals surface area contributed by atoms with Gasteiger partial charge in [0.25, 0.3) is 0 Å². The molecule has 2 amide bonds. The first-order valence-corrected chi connectivity index (χ1v) is 7.29. The van der Waals surface area contributed by atoms with Crippen molar-refractivity contribution in [2.24, 2.45) is 0 Å². The lowest BCUT2D eigenvalue weighted by molar-refractivity contribution is 0.133. The van der Waals surface area contributed by atoms with Crippen LogP contribution < -0.4 is 5.32 Å². The second-order valence-corrected chi connectivity index (χ2v) is 5.93. The standard InChI is InChI=1S/C14H18Cl2N2O/c1-9-4-3-5-10(2)18(9)14(19)17-13-8-11(15)6-7-12(13)16/h6-10H,3-5H2,1-2H3,(H,17,19). The molecule has 1 saturated heterocycles. The zero-order chi connectivity index (χ0) is 14.0. The molecule has 5 heteroatoms. The van der Waals surface area contributed by atoms with E-state index in [9.17, 15) is 4.79 Å². The Bertz CT molecular complexity index is 469. The molecule has 1 aliphatic rings. The molecule has 2 rings (SSSR count). The lowest BCUT2D eigenvalue weighted by Gasteiger charge is -2.38.